The van der Waals surface area contributed by atoms with Gasteiger partial charge in [-0.25, -0.2) is 13.1 Å². The molecule has 156 valence electrons. The summed E-state index contributed by atoms with van der Waals surface area (Å²) in [4.78, 5) is 12.7. The van der Waals surface area contributed by atoms with Gasteiger partial charge in [0, 0.05) is 12.4 Å². The molecule has 0 saturated carbocycles. The standard InChI is InChI=1S/C23H24N2O4S/c1-17-9-11-19(12-10-17)13-14-20(22(26)23(27)25-15-5-6-16-25)24-30(28,29)21-8-4-3-7-18(21)2/h3-16,20,22,24,26H,1-2H3/b14-13+/t20-,22+/m0/s1. The van der Waals surface area contributed by atoms with Crippen LogP contribution in [0.1, 0.15) is 21.5 Å². The van der Waals surface area contributed by atoms with E-state index >= 15 is 0 Å². The number of hydrogen-bond acceptors (Lipinski definition) is 4. The quantitative estimate of drug-likeness (QED) is 0.610. The minimum Gasteiger partial charge on any atom is -0.381 e. The van der Waals surface area contributed by atoms with Gasteiger partial charge in [-0.1, -0.05) is 60.2 Å². The fourth-order valence-electron chi connectivity index (χ4n) is 2.99. The number of sulfonamides is 1. The molecule has 0 bridgehead atoms. The number of aliphatic hydroxyl groups excluding tert-OH is 1. The van der Waals surface area contributed by atoms with Crippen LogP contribution in [-0.4, -0.2) is 36.1 Å². The van der Waals surface area contributed by atoms with E-state index < -0.39 is 28.1 Å². The Morgan fingerprint density at radius 3 is 2.27 bits per heavy atom. The predicted octanol–water partition coefficient (Wildman–Crippen LogP) is 3.17. The normalized spacial score (nSPS) is 14.0. The van der Waals surface area contributed by atoms with E-state index in [9.17, 15) is 18.3 Å². The number of benzene rings is 2. The van der Waals surface area contributed by atoms with Gasteiger partial charge in [0.2, 0.25) is 10.0 Å². The van der Waals surface area contributed by atoms with E-state index in [2.05, 4.69) is 4.72 Å². The third-order valence-corrected chi connectivity index (χ3v) is 6.32. The minimum absolute atomic E-state index is 0.0966. The smallest absolute Gasteiger partial charge is 0.261 e. The first kappa shape index (κ1) is 21.7. The van der Waals surface area contributed by atoms with Crippen LogP contribution in [0.3, 0.4) is 0 Å². The number of nitrogens with zero attached hydrogens (tertiary/aromatic N) is 1. The zero-order valence-corrected chi connectivity index (χ0v) is 17.6. The summed E-state index contributed by atoms with van der Waals surface area (Å²) < 4.78 is 29.6. The predicted molar refractivity (Wildman–Crippen MR) is 117 cm³/mol. The van der Waals surface area contributed by atoms with E-state index in [1.807, 2.05) is 31.2 Å². The zero-order chi connectivity index (χ0) is 21.7. The van der Waals surface area contributed by atoms with Crippen molar-refractivity contribution in [3.8, 4) is 0 Å². The molecule has 0 aliphatic carbocycles. The molecule has 0 unspecified atom stereocenters. The van der Waals surface area contributed by atoms with Gasteiger partial charge in [0.15, 0.2) is 6.10 Å². The van der Waals surface area contributed by atoms with Crippen molar-refractivity contribution in [2.45, 2.75) is 30.9 Å². The van der Waals surface area contributed by atoms with E-state index in [0.717, 1.165) is 11.1 Å². The highest BCUT2D eigenvalue weighted by molar-refractivity contribution is 7.89. The van der Waals surface area contributed by atoms with Crippen LogP contribution in [-0.2, 0) is 10.0 Å². The first-order valence-electron chi connectivity index (χ1n) is 9.46. The Morgan fingerprint density at radius 2 is 1.63 bits per heavy atom. The summed E-state index contributed by atoms with van der Waals surface area (Å²) in [5, 5.41) is 10.7. The lowest BCUT2D eigenvalue weighted by molar-refractivity contribution is 0.0622. The van der Waals surface area contributed by atoms with Crippen molar-refractivity contribution in [1.82, 2.24) is 9.29 Å². The van der Waals surface area contributed by atoms with Gasteiger partial charge in [-0.05, 0) is 43.2 Å². The van der Waals surface area contributed by atoms with Crippen molar-refractivity contribution in [2.24, 2.45) is 0 Å². The second-order valence-corrected chi connectivity index (χ2v) is 8.74. The molecule has 0 radical (unpaired) electrons. The number of aromatic nitrogens is 1. The van der Waals surface area contributed by atoms with Crippen LogP contribution in [0.5, 0.6) is 0 Å². The fourth-order valence-corrected chi connectivity index (χ4v) is 4.43. The number of rotatable bonds is 7. The summed E-state index contributed by atoms with van der Waals surface area (Å²) >= 11 is 0. The molecule has 3 rings (SSSR count). The lowest BCUT2D eigenvalue weighted by Crippen LogP contribution is -2.47. The van der Waals surface area contributed by atoms with Gasteiger partial charge < -0.3 is 5.11 Å². The van der Waals surface area contributed by atoms with Gasteiger partial charge in [0.1, 0.15) is 0 Å². The highest BCUT2D eigenvalue weighted by Gasteiger charge is 2.30. The number of aryl methyl sites for hydroxylation is 2. The molecule has 0 aliphatic heterocycles. The highest BCUT2D eigenvalue weighted by atomic mass is 32.2. The molecule has 1 aromatic heterocycles. The summed E-state index contributed by atoms with van der Waals surface area (Å²) in [6, 6.07) is 16.3. The Labute approximate surface area is 176 Å². The number of hydrogen-bond donors (Lipinski definition) is 2. The molecule has 7 heteroatoms. The molecule has 2 N–H and O–H groups in total. The third kappa shape index (κ3) is 5.13. The van der Waals surface area contributed by atoms with Gasteiger partial charge in [-0.15, -0.1) is 0 Å². The molecule has 0 saturated heterocycles. The van der Waals surface area contributed by atoms with E-state index in [-0.39, 0.29) is 4.90 Å². The molecule has 0 aliphatic rings. The number of nitrogens with one attached hydrogen (secondary N) is 1. The molecule has 6 nitrogen and oxygen atoms in total. The van der Waals surface area contributed by atoms with E-state index in [0.29, 0.717) is 5.56 Å². The first-order chi connectivity index (χ1) is 14.3. The molecular formula is C23H24N2O4S. The van der Waals surface area contributed by atoms with Crippen LogP contribution in [0.15, 0.2) is 84.0 Å². The van der Waals surface area contributed by atoms with E-state index in [1.54, 1.807) is 43.3 Å². The van der Waals surface area contributed by atoms with Crippen molar-refractivity contribution >= 4 is 22.0 Å². The van der Waals surface area contributed by atoms with E-state index in [4.69, 9.17) is 0 Å². The molecule has 2 atom stereocenters. The summed E-state index contributed by atoms with van der Waals surface area (Å²) in [5.74, 6) is -0.633. The topological polar surface area (TPSA) is 88.4 Å². The van der Waals surface area contributed by atoms with Gasteiger partial charge >= 0.3 is 0 Å². The van der Waals surface area contributed by atoms with Crippen LogP contribution >= 0.6 is 0 Å². The van der Waals surface area contributed by atoms with Crippen molar-refractivity contribution in [2.75, 3.05) is 0 Å². The van der Waals surface area contributed by atoms with Crippen molar-refractivity contribution in [3.63, 3.8) is 0 Å². The summed E-state index contributed by atoms with van der Waals surface area (Å²) in [6.45, 7) is 3.65. The lowest BCUT2D eigenvalue weighted by atomic mass is 10.1. The SMILES string of the molecule is Cc1ccc(/C=C/[C@H](NS(=O)(=O)c2ccccc2C)[C@@H](O)C(=O)n2cccc2)cc1. The largest absolute Gasteiger partial charge is 0.381 e. The maximum atomic E-state index is 13.0. The van der Waals surface area contributed by atoms with Gasteiger partial charge in [-0.2, -0.15) is 0 Å². The van der Waals surface area contributed by atoms with Crippen LogP contribution in [0, 0.1) is 13.8 Å². The Bertz CT molecular complexity index is 1130. The van der Waals surface area contributed by atoms with Crippen LogP contribution in [0.4, 0.5) is 0 Å². The summed E-state index contributed by atoms with van der Waals surface area (Å²) in [6.07, 6.45) is 4.56. The van der Waals surface area contributed by atoms with E-state index in [1.165, 1.54) is 29.1 Å². The van der Waals surface area contributed by atoms with Crippen LogP contribution in [0.2, 0.25) is 0 Å². The monoisotopic (exact) mass is 424 g/mol. The second kappa shape index (κ2) is 9.21. The Hall–Kier alpha value is -3.00. The second-order valence-electron chi connectivity index (χ2n) is 7.06. The molecule has 3 aromatic rings. The van der Waals surface area contributed by atoms with Crippen molar-refractivity contribution in [1.29, 1.82) is 0 Å². The zero-order valence-electron chi connectivity index (χ0n) is 16.8. The molecule has 0 amide bonds. The Morgan fingerprint density at radius 1 is 1.00 bits per heavy atom. The lowest BCUT2D eigenvalue weighted by Gasteiger charge is -2.21. The molecule has 1 heterocycles. The molecular weight excluding hydrogens is 400 g/mol. The maximum absolute atomic E-state index is 13.0. The molecule has 2 aromatic carbocycles. The maximum Gasteiger partial charge on any atom is 0.261 e. The first-order valence-corrected chi connectivity index (χ1v) is 10.9. The number of carbonyl (C=O) groups is 1. The van der Waals surface area contributed by atoms with Gasteiger partial charge in [0.05, 0.1) is 10.9 Å². The van der Waals surface area contributed by atoms with Gasteiger partial charge in [0.25, 0.3) is 5.91 Å². The molecule has 30 heavy (non-hydrogen) atoms. The summed E-state index contributed by atoms with van der Waals surface area (Å²) in [7, 11) is -3.97. The Kier molecular flexibility index (Phi) is 6.66. The van der Waals surface area contributed by atoms with Crippen molar-refractivity contribution in [3.05, 3.63) is 95.8 Å². The molecule has 0 fully saturated rings. The third-order valence-electron chi connectivity index (χ3n) is 4.70. The minimum atomic E-state index is -3.97. The number of aliphatic hydroxyl groups is 1. The van der Waals surface area contributed by atoms with Gasteiger partial charge in [-0.3, -0.25) is 9.36 Å². The van der Waals surface area contributed by atoms with Crippen LogP contribution < -0.4 is 4.72 Å². The van der Waals surface area contributed by atoms with Crippen LogP contribution in [0.25, 0.3) is 6.08 Å². The number of carbonyl (C=O) groups excluding carboxylic acids is 1. The average molecular weight is 425 g/mol. The summed E-state index contributed by atoms with van der Waals surface area (Å²) in [5.41, 5.74) is 2.48. The average Bonchev–Trinajstić information content (AvgIpc) is 3.26. The van der Waals surface area contributed by atoms with Crippen molar-refractivity contribution < 1.29 is 18.3 Å². The Balaban J connectivity index is 1.93. The fraction of sp³-hybridized carbons (Fsp3) is 0.174. The molecule has 0 spiro atoms. The highest BCUT2D eigenvalue weighted by Crippen LogP contribution is 2.16.